The molecule has 8 heteroatoms. The van der Waals surface area contributed by atoms with Gasteiger partial charge in [0, 0.05) is 16.7 Å². The summed E-state index contributed by atoms with van der Waals surface area (Å²) in [7, 11) is 0. The second kappa shape index (κ2) is 4.32. The molecule has 1 aromatic carbocycles. The Kier molecular flexibility index (Phi) is 3.47. The lowest BCUT2D eigenvalue weighted by Crippen LogP contribution is -2.18. The van der Waals surface area contributed by atoms with E-state index < -0.39 is 29.8 Å². The van der Waals surface area contributed by atoms with Crippen LogP contribution in [-0.4, -0.2) is 6.36 Å². The van der Waals surface area contributed by atoms with Crippen LogP contribution in [0.4, 0.5) is 27.6 Å². The van der Waals surface area contributed by atoms with Crippen molar-refractivity contribution >= 4 is 17.3 Å². The Morgan fingerprint density at radius 2 is 1.81 bits per heavy atom. The van der Waals surface area contributed by atoms with E-state index in [4.69, 9.17) is 17.3 Å². The van der Waals surface area contributed by atoms with Gasteiger partial charge in [-0.1, -0.05) is 11.6 Å². The molecule has 0 amide bonds. The summed E-state index contributed by atoms with van der Waals surface area (Å²) < 4.78 is 63.8. The van der Waals surface area contributed by atoms with Gasteiger partial charge in [0.15, 0.2) is 5.75 Å². The summed E-state index contributed by atoms with van der Waals surface area (Å²) in [5.41, 5.74) is 3.52. The van der Waals surface area contributed by atoms with Crippen LogP contribution in [-0.2, 0) is 0 Å². The number of hydrogen-bond donors (Lipinski definition) is 1. The quantitative estimate of drug-likeness (QED) is 0.650. The Morgan fingerprint density at radius 1 is 1.25 bits per heavy atom. The number of rotatable bonds is 2. The zero-order chi connectivity index (χ0) is 12.5. The Morgan fingerprint density at radius 3 is 2.25 bits per heavy atom. The monoisotopic (exact) mass is 261 g/mol. The van der Waals surface area contributed by atoms with Crippen LogP contribution < -0.4 is 10.5 Å². The van der Waals surface area contributed by atoms with Gasteiger partial charge in [0.25, 0.3) is 6.43 Å². The lowest BCUT2D eigenvalue weighted by Gasteiger charge is -2.14. The van der Waals surface area contributed by atoms with Crippen molar-refractivity contribution < 1.29 is 26.7 Å². The molecule has 90 valence electrons. The molecule has 0 saturated heterocycles. The highest BCUT2D eigenvalue weighted by atomic mass is 35.5. The fraction of sp³-hybridized carbons (Fsp3) is 0.250. The number of ether oxygens (including phenoxy) is 1. The number of nitrogen functional groups attached to an aromatic ring is 1. The van der Waals surface area contributed by atoms with Crippen molar-refractivity contribution in [3.8, 4) is 5.75 Å². The minimum absolute atomic E-state index is 0.316. The molecular formula is C8H5ClF5NO. The normalized spacial score (nSPS) is 11.9. The van der Waals surface area contributed by atoms with Gasteiger partial charge in [-0.3, -0.25) is 0 Å². The van der Waals surface area contributed by atoms with Crippen molar-refractivity contribution in [2.75, 3.05) is 5.73 Å². The molecule has 0 spiro atoms. The van der Waals surface area contributed by atoms with Gasteiger partial charge >= 0.3 is 6.36 Å². The van der Waals surface area contributed by atoms with Crippen molar-refractivity contribution in [2.45, 2.75) is 12.8 Å². The van der Waals surface area contributed by atoms with Gasteiger partial charge in [-0.05, 0) is 6.07 Å². The zero-order valence-corrected chi connectivity index (χ0v) is 8.24. The number of alkyl halides is 5. The molecule has 1 rings (SSSR count). The first-order valence-corrected chi connectivity index (χ1v) is 4.21. The van der Waals surface area contributed by atoms with Gasteiger partial charge in [-0.15, -0.1) is 13.2 Å². The first-order chi connectivity index (χ1) is 7.20. The topological polar surface area (TPSA) is 35.2 Å². The summed E-state index contributed by atoms with van der Waals surface area (Å²) in [6, 6.07) is 1.50. The lowest BCUT2D eigenvalue weighted by molar-refractivity contribution is -0.274. The molecule has 0 aliphatic carbocycles. The third-order valence-corrected chi connectivity index (χ3v) is 1.82. The molecule has 0 heterocycles. The molecule has 0 atom stereocenters. The Bertz CT molecular complexity index is 393. The summed E-state index contributed by atoms with van der Waals surface area (Å²) in [5, 5.41) is -0.316. The van der Waals surface area contributed by atoms with Gasteiger partial charge in [-0.2, -0.15) is 0 Å². The van der Waals surface area contributed by atoms with E-state index in [1.54, 1.807) is 0 Å². The molecule has 0 radical (unpaired) electrons. The van der Waals surface area contributed by atoms with Crippen molar-refractivity contribution in [1.82, 2.24) is 0 Å². The van der Waals surface area contributed by atoms with Crippen LogP contribution in [0.25, 0.3) is 0 Å². The molecule has 16 heavy (non-hydrogen) atoms. The number of halogens is 6. The van der Waals surface area contributed by atoms with Crippen LogP contribution in [0.1, 0.15) is 12.0 Å². The van der Waals surface area contributed by atoms with Crippen LogP contribution in [0.3, 0.4) is 0 Å². The minimum Gasteiger partial charge on any atom is -0.404 e. The van der Waals surface area contributed by atoms with Crippen LogP contribution in [0, 0.1) is 0 Å². The zero-order valence-electron chi connectivity index (χ0n) is 7.49. The van der Waals surface area contributed by atoms with Gasteiger partial charge in [0.05, 0.1) is 5.69 Å². The Hall–Kier alpha value is -1.24. The second-order valence-corrected chi connectivity index (χ2v) is 3.19. The van der Waals surface area contributed by atoms with Gasteiger partial charge in [0.1, 0.15) is 0 Å². The molecular weight excluding hydrogens is 257 g/mol. The van der Waals surface area contributed by atoms with Crippen molar-refractivity contribution in [1.29, 1.82) is 0 Å². The maximum absolute atomic E-state index is 12.3. The largest absolute Gasteiger partial charge is 0.573 e. The standard InChI is InChI=1S/C8H5ClF5NO/c9-3-1-4(7(10)11)6(15)5(2-3)16-8(12,13)14/h1-2,7H,15H2. The van der Waals surface area contributed by atoms with E-state index in [0.29, 0.717) is 0 Å². The Labute approximate surface area is 91.7 Å². The highest BCUT2D eigenvalue weighted by molar-refractivity contribution is 6.31. The van der Waals surface area contributed by atoms with Crippen molar-refractivity contribution in [2.24, 2.45) is 0 Å². The smallest absolute Gasteiger partial charge is 0.404 e. The summed E-state index contributed by atoms with van der Waals surface area (Å²) in [6.07, 6.45) is -8.05. The minimum atomic E-state index is -5.02. The molecule has 0 saturated carbocycles. The molecule has 2 N–H and O–H groups in total. The maximum atomic E-state index is 12.3. The van der Waals surface area contributed by atoms with E-state index in [-0.39, 0.29) is 5.02 Å². The highest BCUT2D eigenvalue weighted by Gasteiger charge is 2.33. The summed E-state index contributed by atoms with van der Waals surface area (Å²) >= 11 is 5.36. The predicted molar refractivity (Wildman–Crippen MR) is 47.5 cm³/mol. The average molecular weight is 262 g/mol. The molecule has 0 aliphatic heterocycles. The van der Waals surface area contributed by atoms with E-state index >= 15 is 0 Å². The second-order valence-electron chi connectivity index (χ2n) is 2.76. The van der Waals surface area contributed by atoms with E-state index in [2.05, 4.69) is 4.74 Å². The highest BCUT2D eigenvalue weighted by Crippen LogP contribution is 2.37. The fourth-order valence-electron chi connectivity index (χ4n) is 1.00. The van der Waals surface area contributed by atoms with Gasteiger partial charge in [0.2, 0.25) is 0 Å². The summed E-state index contributed by atoms with van der Waals surface area (Å²) in [6.45, 7) is 0. The molecule has 0 fully saturated rings. The van der Waals surface area contributed by atoms with E-state index in [1.165, 1.54) is 0 Å². The molecule has 0 aliphatic rings. The van der Waals surface area contributed by atoms with Crippen molar-refractivity contribution in [3.63, 3.8) is 0 Å². The van der Waals surface area contributed by atoms with Crippen LogP contribution in [0.5, 0.6) is 5.75 Å². The molecule has 0 bridgehead atoms. The number of nitrogens with two attached hydrogens (primary N) is 1. The first-order valence-electron chi connectivity index (χ1n) is 3.83. The lowest BCUT2D eigenvalue weighted by atomic mass is 10.1. The van der Waals surface area contributed by atoms with Gasteiger partial charge < -0.3 is 10.5 Å². The fourth-order valence-corrected chi connectivity index (χ4v) is 1.22. The SMILES string of the molecule is Nc1c(OC(F)(F)F)cc(Cl)cc1C(F)F. The van der Waals surface area contributed by atoms with E-state index in [0.717, 1.165) is 12.1 Å². The van der Waals surface area contributed by atoms with E-state index in [1.807, 2.05) is 0 Å². The molecule has 2 nitrogen and oxygen atoms in total. The third-order valence-electron chi connectivity index (χ3n) is 1.60. The molecule has 1 aromatic rings. The van der Waals surface area contributed by atoms with Crippen LogP contribution in [0.15, 0.2) is 12.1 Å². The van der Waals surface area contributed by atoms with E-state index in [9.17, 15) is 22.0 Å². The number of anilines is 1. The first kappa shape index (κ1) is 12.8. The van der Waals surface area contributed by atoms with Gasteiger partial charge in [-0.25, -0.2) is 8.78 Å². The molecule has 0 unspecified atom stereocenters. The average Bonchev–Trinajstić information content (AvgIpc) is 2.07. The molecule has 0 aromatic heterocycles. The maximum Gasteiger partial charge on any atom is 0.573 e. The summed E-state index contributed by atoms with van der Waals surface area (Å²) in [4.78, 5) is 0. The van der Waals surface area contributed by atoms with Crippen LogP contribution >= 0.6 is 11.6 Å². The number of hydrogen-bond acceptors (Lipinski definition) is 2. The predicted octanol–water partition coefficient (Wildman–Crippen LogP) is 3.76. The van der Waals surface area contributed by atoms with Crippen LogP contribution in [0.2, 0.25) is 5.02 Å². The third kappa shape index (κ3) is 3.13. The number of benzene rings is 1. The summed E-state index contributed by atoms with van der Waals surface area (Å²) in [5.74, 6) is -0.935. The Balaban J connectivity index is 3.19. The van der Waals surface area contributed by atoms with Crippen molar-refractivity contribution in [3.05, 3.63) is 22.7 Å².